The molecule has 0 radical (unpaired) electrons. The zero-order valence-corrected chi connectivity index (χ0v) is 25.8. The minimum Gasteiger partial charge on any atom is -0.455 e. The van der Waals surface area contributed by atoms with Crippen molar-refractivity contribution in [3.8, 4) is 0 Å². The molecule has 1 aliphatic heterocycles. The van der Waals surface area contributed by atoms with Gasteiger partial charge in [0.15, 0.2) is 17.5 Å². The maximum absolute atomic E-state index is 15.1. The van der Waals surface area contributed by atoms with Crippen molar-refractivity contribution < 1.29 is 48.3 Å². The molecule has 2 N–H and O–H groups in total. The number of ether oxygens (including phenoxy) is 4. The van der Waals surface area contributed by atoms with Gasteiger partial charge in [0.2, 0.25) is 0 Å². The Hall–Kier alpha value is -3.08. The van der Waals surface area contributed by atoms with Gasteiger partial charge in [-0.1, -0.05) is 52.8 Å². The monoisotopic (exact) mass is 598 g/mol. The Morgan fingerprint density at radius 2 is 1.74 bits per heavy atom. The van der Waals surface area contributed by atoms with Crippen LogP contribution in [0.4, 0.5) is 0 Å². The zero-order chi connectivity index (χ0) is 31.7. The number of aliphatic hydroxyl groups excluding tert-OH is 1. The highest BCUT2D eigenvalue weighted by Crippen LogP contribution is 2.65. The van der Waals surface area contributed by atoms with Gasteiger partial charge in [0, 0.05) is 30.6 Å². The highest BCUT2D eigenvalue weighted by atomic mass is 16.6. The van der Waals surface area contributed by atoms with E-state index < -0.39 is 82.0 Å². The van der Waals surface area contributed by atoms with Crippen LogP contribution in [-0.4, -0.2) is 76.1 Å². The van der Waals surface area contributed by atoms with E-state index in [2.05, 4.69) is 0 Å². The van der Waals surface area contributed by atoms with E-state index in [9.17, 15) is 24.6 Å². The summed E-state index contributed by atoms with van der Waals surface area (Å²) < 4.78 is 24.2. The average Bonchev–Trinajstić information content (AvgIpc) is 2.95. The van der Waals surface area contributed by atoms with Crippen molar-refractivity contribution in [2.75, 3.05) is 6.61 Å². The Morgan fingerprint density at radius 1 is 1.09 bits per heavy atom. The molecule has 0 amide bonds. The van der Waals surface area contributed by atoms with Crippen LogP contribution in [0.2, 0.25) is 0 Å². The number of aliphatic hydroxyl groups is 2. The van der Waals surface area contributed by atoms with Gasteiger partial charge in [0.1, 0.15) is 17.8 Å². The van der Waals surface area contributed by atoms with E-state index in [-0.39, 0.29) is 30.6 Å². The number of esters is 3. The molecule has 234 valence electrons. The molecule has 5 rings (SSSR count). The van der Waals surface area contributed by atoms with Crippen LogP contribution in [0.25, 0.3) is 0 Å². The van der Waals surface area contributed by atoms with E-state index in [1.54, 1.807) is 65.0 Å². The van der Waals surface area contributed by atoms with E-state index in [0.29, 0.717) is 12.0 Å². The summed E-state index contributed by atoms with van der Waals surface area (Å²) in [5.74, 6) is -4.00. The van der Waals surface area contributed by atoms with Gasteiger partial charge in [-0.15, -0.1) is 0 Å². The Labute approximate surface area is 251 Å². The quantitative estimate of drug-likeness (QED) is 0.294. The molecular formula is C33H42O10. The molecule has 1 saturated heterocycles. The number of hydrogen-bond donors (Lipinski definition) is 2. The average molecular weight is 599 g/mol. The second-order valence-electron chi connectivity index (χ2n) is 13.4. The van der Waals surface area contributed by atoms with Crippen molar-refractivity contribution in [3.05, 3.63) is 47.0 Å². The van der Waals surface area contributed by atoms with Crippen molar-refractivity contribution in [1.29, 1.82) is 0 Å². The van der Waals surface area contributed by atoms with Crippen LogP contribution in [0.15, 0.2) is 41.5 Å². The number of hydrogen-bond acceptors (Lipinski definition) is 10. The maximum Gasteiger partial charge on any atom is 0.338 e. The summed E-state index contributed by atoms with van der Waals surface area (Å²) in [5.41, 5.74) is -5.31. The molecule has 4 aliphatic rings. The first-order valence-corrected chi connectivity index (χ1v) is 15.0. The third kappa shape index (κ3) is 4.39. The van der Waals surface area contributed by atoms with Crippen molar-refractivity contribution >= 4 is 23.7 Å². The predicted molar refractivity (Wildman–Crippen MR) is 152 cm³/mol. The molecule has 1 aromatic carbocycles. The Balaban J connectivity index is 1.83. The fourth-order valence-electron chi connectivity index (χ4n) is 8.25. The standard InChI is InChI=1S/C33H42O10/c1-8-23(36)41-25-24-18(3)21(35)15-33(39,30(24,5)6)28(42-29(38)20-12-10-9-11-13-20)26-31(7,27(25)37)17(2)14-22-32(26,16-40-22)43-19(4)34/h9-13,17,21-22,25-26,28,35,39H,8,14-16H2,1-7H3/t17-,21-,22+,25+,26?,28-,31+,32-,33+/m0/s1. The van der Waals surface area contributed by atoms with Crippen LogP contribution in [0.5, 0.6) is 0 Å². The fourth-order valence-corrected chi connectivity index (χ4v) is 8.25. The van der Waals surface area contributed by atoms with Crippen molar-refractivity contribution in [2.24, 2.45) is 22.7 Å². The van der Waals surface area contributed by atoms with Gasteiger partial charge in [0.25, 0.3) is 0 Å². The normalized spacial score (nSPS) is 39.7. The highest BCUT2D eigenvalue weighted by Gasteiger charge is 2.77. The summed E-state index contributed by atoms with van der Waals surface area (Å²) >= 11 is 0. The van der Waals surface area contributed by atoms with Crippen LogP contribution in [0, 0.1) is 22.7 Å². The van der Waals surface area contributed by atoms with Gasteiger partial charge in [0.05, 0.1) is 24.2 Å². The zero-order valence-electron chi connectivity index (χ0n) is 25.8. The first-order valence-electron chi connectivity index (χ1n) is 15.0. The molecule has 3 fully saturated rings. The van der Waals surface area contributed by atoms with Crippen LogP contribution in [0.1, 0.15) is 78.1 Å². The van der Waals surface area contributed by atoms with E-state index >= 15 is 4.79 Å². The second-order valence-corrected chi connectivity index (χ2v) is 13.4. The SMILES string of the molecule is CCC(=O)O[C@H]1C(=O)[C@@]2(C)C([C@H](OC(=O)c3ccccc3)[C@]3(O)C[C@H](O)C(C)=C1C3(C)C)[C@]1(OC(C)=O)CO[C@@H]1C[C@@H]2C. The Morgan fingerprint density at radius 3 is 2.30 bits per heavy atom. The molecular weight excluding hydrogens is 556 g/mol. The largest absolute Gasteiger partial charge is 0.455 e. The molecule has 2 bridgehead atoms. The molecule has 43 heavy (non-hydrogen) atoms. The molecule has 0 aromatic heterocycles. The molecule has 2 saturated carbocycles. The number of ketones is 1. The molecule has 1 heterocycles. The van der Waals surface area contributed by atoms with Crippen molar-refractivity contribution in [2.45, 2.75) is 103 Å². The molecule has 10 nitrogen and oxygen atoms in total. The lowest BCUT2D eigenvalue weighted by Crippen LogP contribution is -2.80. The topological polar surface area (TPSA) is 146 Å². The van der Waals surface area contributed by atoms with Gasteiger partial charge in [-0.05, 0) is 42.5 Å². The van der Waals surface area contributed by atoms with E-state index in [1.807, 2.05) is 6.92 Å². The molecule has 3 aliphatic carbocycles. The van der Waals surface area contributed by atoms with Crippen LogP contribution in [0.3, 0.4) is 0 Å². The summed E-state index contributed by atoms with van der Waals surface area (Å²) in [4.78, 5) is 54.4. The van der Waals surface area contributed by atoms with Crippen LogP contribution >= 0.6 is 0 Å². The van der Waals surface area contributed by atoms with Gasteiger partial charge in [-0.25, -0.2) is 4.79 Å². The lowest BCUT2D eigenvalue weighted by molar-refractivity contribution is -0.340. The number of rotatable bonds is 5. The number of Topliss-reactive ketones (excluding diaryl/α,β-unsaturated/α-hetero) is 1. The number of fused-ring (bicyclic) bond motifs is 5. The van der Waals surface area contributed by atoms with E-state index in [4.69, 9.17) is 18.9 Å². The lowest BCUT2D eigenvalue weighted by Gasteiger charge is -2.68. The third-order valence-electron chi connectivity index (χ3n) is 10.9. The maximum atomic E-state index is 15.1. The number of carbonyl (C=O) groups excluding carboxylic acids is 4. The van der Waals surface area contributed by atoms with E-state index in [1.165, 1.54) is 6.92 Å². The number of benzene rings is 1. The summed E-state index contributed by atoms with van der Waals surface area (Å²) in [6, 6.07) is 8.28. The summed E-state index contributed by atoms with van der Waals surface area (Å²) in [6.07, 6.45) is -4.66. The summed E-state index contributed by atoms with van der Waals surface area (Å²) in [7, 11) is 0. The summed E-state index contributed by atoms with van der Waals surface area (Å²) in [6.45, 7) is 11.4. The Kier molecular flexibility index (Phi) is 7.67. The van der Waals surface area contributed by atoms with Crippen LogP contribution < -0.4 is 0 Å². The predicted octanol–water partition coefficient (Wildman–Crippen LogP) is 3.32. The van der Waals surface area contributed by atoms with Gasteiger partial charge in [-0.2, -0.15) is 0 Å². The molecule has 1 unspecified atom stereocenters. The van der Waals surface area contributed by atoms with Crippen molar-refractivity contribution in [3.63, 3.8) is 0 Å². The number of carbonyl (C=O) groups is 4. The van der Waals surface area contributed by atoms with Crippen molar-refractivity contribution in [1.82, 2.24) is 0 Å². The smallest absolute Gasteiger partial charge is 0.338 e. The minimum atomic E-state index is -2.00. The van der Waals surface area contributed by atoms with Gasteiger partial charge >= 0.3 is 17.9 Å². The first-order chi connectivity index (χ1) is 20.1. The third-order valence-corrected chi connectivity index (χ3v) is 10.9. The second kappa shape index (κ2) is 10.5. The Bertz CT molecular complexity index is 1370. The molecule has 0 spiro atoms. The molecule has 1 aromatic rings. The summed E-state index contributed by atoms with van der Waals surface area (Å²) in [5, 5.41) is 24.4. The highest BCUT2D eigenvalue weighted by molar-refractivity contribution is 5.95. The fraction of sp³-hybridized carbons (Fsp3) is 0.636. The lowest BCUT2D eigenvalue weighted by atomic mass is 9.43. The van der Waals surface area contributed by atoms with E-state index in [0.717, 1.165) is 0 Å². The molecule has 9 atom stereocenters. The van der Waals surface area contributed by atoms with Gasteiger partial charge < -0.3 is 29.2 Å². The van der Waals surface area contributed by atoms with Gasteiger partial charge in [-0.3, -0.25) is 14.4 Å². The first kappa shape index (κ1) is 31.3. The van der Waals surface area contributed by atoms with Crippen LogP contribution in [-0.2, 0) is 33.3 Å². The molecule has 10 heteroatoms. The minimum absolute atomic E-state index is 0.00364.